The number of ketones is 1. The van der Waals surface area contributed by atoms with Gasteiger partial charge in [0, 0.05) is 59.3 Å². The van der Waals surface area contributed by atoms with E-state index in [1.165, 1.54) is 58.9 Å². The van der Waals surface area contributed by atoms with Crippen LogP contribution in [0.15, 0.2) is 60.5 Å². The Labute approximate surface area is 314 Å². The third kappa shape index (κ3) is 9.19. The summed E-state index contributed by atoms with van der Waals surface area (Å²) in [5, 5.41) is 16.4. The largest absolute Gasteiger partial charge is 0.512 e. The van der Waals surface area contributed by atoms with Crippen molar-refractivity contribution in [3.63, 3.8) is 0 Å². The molecule has 2 heterocycles. The van der Waals surface area contributed by atoms with Crippen LogP contribution in [0.1, 0.15) is 90.8 Å². The Morgan fingerprint density at radius 3 is 2.06 bits per heavy atom. The monoisotopic (exact) mass is 871 g/mol. The number of fused-ring (bicyclic) bond motifs is 4. The first-order valence-electron chi connectivity index (χ1n) is 17.8. The quantitative estimate of drug-likeness (QED) is 0.0695. The molecule has 0 aliphatic rings. The van der Waals surface area contributed by atoms with Gasteiger partial charge in [0.2, 0.25) is 0 Å². The number of rotatable bonds is 9. The molecule has 0 fully saturated rings. The van der Waals surface area contributed by atoms with Gasteiger partial charge in [-0.05, 0) is 67.9 Å². The molecule has 3 nitrogen and oxygen atoms in total. The minimum Gasteiger partial charge on any atom is -0.512 e. The summed E-state index contributed by atoms with van der Waals surface area (Å²) in [4.78, 5) is 16.6. The fourth-order valence-electron chi connectivity index (χ4n) is 6.43. The van der Waals surface area contributed by atoms with Crippen LogP contribution in [0, 0.1) is 31.7 Å². The number of hydrogen-bond acceptors (Lipinski definition) is 4. The van der Waals surface area contributed by atoms with Gasteiger partial charge in [-0.1, -0.05) is 114 Å². The molecule has 5 rings (SSSR count). The average Bonchev–Trinajstić information content (AvgIpc) is 3.40. The number of aryl methyl sites for hydroxylation is 2. The summed E-state index contributed by atoms with van der Waals surface area (Å²) in [7, 11) is -1.36. The third-order valence-electron chi connectivity index (χ3n) is 9.88. The van der Waals surface area contributed by atoms with Crippen molar-refractivity contribution in [2.75, 3.05) is 0 Å². The predicted octanol–water partition coefficient (Wildman–Crippen LogP) is 12.4. The molecule has 2 aromatic heterocycles. The summed E-state index contributed by atoms with van der Waals surface area (Å²) >= 11 is 1.88. The standard InChI is InChI=1S/C30H32NSSi.C13H24O2.Ir/c1-18-13-20-15-21(16-26(30(3,4)5)25(20)14-19(18)2)28-29-24(11-12-31-28)23-10-9-22(33(6,7)8)17-27(23)32-29;1-5-10(6-2)12(14)9-13(15)11(7-3)8-4;/h9-14,16-17H,1-8H3;9-11,14H,5-8H2,1-4H3;/q-1;;/b;12-9-;. The Hall–Kier alpha value is -2.63. The summed E-state index contributed by atoms with van der Waals surface area (Å²) in [6.45, 7) is 26.6. The number of nitrogens with zero attached hydrogens (tertiary/aromatic N) is 1. The summed E-state index contributed by atoms with van der Waals surface area (Å²) in [5.41, 5.74) is 6.17. The summed E-state index contributed by atoms with van der Waals surface area (Å²) in [5.74, 6) is 0.547. The van der Waals surface area contributed by atoms with E-state index < -0.39 is 8.07 Å². The fourth-order valence-corrected chi connectivity index (χ4v) is 8.94. The van der Waals surface area contributed by atoms with E-state index in [-0.39, 0.29) is 48.9 Å². The Bertz CT molecular complexity index is 1950. The number of carbonyl (C=O) groups excluding carboxylic acids is 1. The number of aliphatic hydroxyl groups is 1. The molecule has 1 N–H and O–H groups in total. The van der Waals surface area contributed by atoms with Crippen LogP contribution in [0.2, 0.25) is 19.6 Å². The van der Waals surface area contributed by atoms with E-state index in [1.54, 1.807) is 0 Å². The number of aliphatic hydroxyl groups excluding tert-OH is 1. The van der Waals surface area contributed by atoms with Gasteiger partial charge in [0.25, 0.3) is 0 Å². The molecule has 49 heavy (non-hydrogen) atoms. The Kier molecular flexibility index (Phi) is 13.8. The van der Waals surface area contributed by atoms with E-state index >= 15 is 0 Å². The van der Waals surface area contributed by atoms with Crippen molar-refractivity contribution < 1.29 is 30.0 Å². The molecule has 3 aromatic carbocycles. The van der Waals surface area contributed by atoms with Gasteiger partial charge in [0.1, 0.15) is 0 Å². The first-order valence-corrected chi connectivity index (χ1v) is 22.1. The topological polar surface area (TPSA) is 50.2 Å². The first kappa shape index (κ1) is 40.8. The van der Waals surface area contributed by atoms with Crippen molar-refractivity contribution >= 4 is 61.3 Å². The second kappa shape index (κ2) is 16.6. The minimum atomic E-state index is -1.36. The van der Waals surface area contributed by atoms with Crippen LogP contribution >= 0.6 is 11.3 Å². The molecular formula is C43H56IrNO2SSi-. The molecule has 0 aliphatic carbocycles. The third-order valence-corrected chi connectivity index (χ3v) is 13.1. The molecule has 0 unspecified atom stereocenters. The number of carbonyl (C=O) groups is 1. The first-order chi connectivity index (χ1) is 22.5. The molecule has 0 aliphatic heterocycles. The van der Waals surface area contributed by atoms with E-state index in [0.29, 0.717) is 0 Å². The Balaban J connectivity index is 0.000000347. The van der Waals surface area contributed by atoms with E-state index in [4.69, 9.17) is 4.98 Å². The predicted molar refractivity (Wildman–Crippen MR) is 214 cm³/mol. The molecule has 0 bridgehead atoms. The van der Waals surface area contributed by atoms with Crippen molar-refractivity contribution in [3.8, 4) is 11.3 Å². The summed E-state index contributed by atoms with van der Waals surface area (Å²) in [6.07, 6.45) is 6.87. The van der Waals surface area contributed by atoms with Crippen LogP contribution in [-0.2, 0) is 30.3 Å². The van der Waals surface area contributed by atoms with Gasteiger partial charge in [-0.25, -0.2) is 0 Å². The zero-order valence-electron chi connectivity index (χ0n) is 31.7. The van der Waals surface area contributed by atoms with Crippen molar-refractivity contribution in [3.05, 3.63) is 83.3 Å². The number of hydrogen-bond donors (Lipinski definition) is 1. The van der Waals surface area contributed by atoms with Crippen molar-refractivity contribution in [2.45, 2.75) is 113 Å². The van der Waals surface area contributed by atoms with Crippen molar-refractivity contribution in [1.82, 2.24) is 4.98 Å². The molecular weight excluding hydrogens is 815 g/mol. The molecule has 0 amide bonds. The van der Waals surface area contributed by atoms with Crippen molar-refractivity contribution in [1.29, 1.82) is 0 Å². The van der Waals surface area contributed by atoms with Crippen LogP contribution in [0.25, 0.3) is 42.2 Å². The summed E-state index contributed by atoms with van der Waals surface area (Å²) < 4.78 is 2.63. The number of pyridine rings is 1. The molecule has 5 aromatic rings. The van der Waals surface area contributed by atoms with Gasteiger partial charge in [-0.15, -0.1) is 40.5 Å². The van der Waals surface area contributed by atoms with E-state index in [0.717, 1.165) is 36.9 Å². The van der Waals surface area contributed by atoms with Crippen LogP contribution in [0.5, 0.6) is 0 Å². The van der Waals surface area contributed by atoms with Gasteiger partial charge >= 0.3 is 0 Å². The SMILES string of the molecule is CCC(CC)C(=O)/C=C(\O)C(CC)CC.Cc1cc2[c-]c(-c3nccc4c3sc3cc([Si](C)(C)C)ccc34)cc(C(C)(C)C)c2cc1C.[Ir]. The van der Waals surface area contributed by atoms with Gasteiger partial charge in [-0.2, -0.15) is 0 Å². The number of aromatic nitrogens is 1. The number of thiophene rings is 1. The smallest absolute Gasteiger partial charge is 0.162 e. The van der Waals surface area contributed by atoms with E-state index in [2.05, 4.69) is 103 Å². The molecule has 0 atom stereocenters. The Morgan fingerprint density at radius 2 is 1.49 bits per heavy atom. The van der Waals surface area contributed by atoms with E-state index in [9.17, 15) is 9.90 Å². The molecule has 6 heteroatoms. The number of benzene rings is 3. The summed E-state index contributed by atoms with van der Waals surface area (Å²) in [6, 6.07) is 19.9. The minimum absolute atomic E-state index is 0. The zero-order chi connectivity index (χ0) is 35.6. The molecule has 1 radical (unpaired) electrons. The van der Waals surface area contributed by atoms with Crippen molar-refractivity contribution in [2.24, 2.45) is 11.8 Å². The van der Waals surface area contributed by atoms with Gasteiger partial charge < -0.3 is 5.11 Å². The molecule has 265 valence electrons. The second-order valence-electron chi connectivity index (χ2n) is 15.4. The van der Waals surface area contributed by atoms with Gasteiger partial charge in [-0.3, -0.25) is 9.78 Å². The zero-order valence-corrected chi connectivity index (χ0v) is 35.9. The van der Waals surface area contributed by atoms with Crippen LogP contribution < -0.4 is 5.19 Å². The van der Waals surface area contributed by atoms with Crippen LogP contribution in [-0.4, -0.2) is 23.9 Å². The number of allylic oxidation sites excluding steroid dienone is 2. The molecule has 0 saturated heterocycles. The second-order valence-corrected chi connectivity index (χ2v) is 21.6. The van der Waals surface area contributed by atoms with Crippen LogP contribution in [0.4, 0.5) is 0 Å². The van der Waals surface area contributed by atoms with E-state index in [1.807, 2.05) is 45.2 Å². The van der Waals surface area contributed by atoms with Gasteiger partial charge in [0.05, 0.1) is 13.8 Å². The molecule has 0 spiro atoms. The fraction of sp³-hybridized carbons (Fsp3) is 0.442. The average molecular weight is 871 g/mol. The van der Waals surface area contributed by atoms with Gasteiger partial charge in [0.15, 0.2) is 5.78 Å². The normalized spacial score (nSPS) is 12.5. The Morgan fingerprint density at radius 1 is 0.878 bits per heavy atom. The van der Waals surface area contributed by atoms with Crippen LogP contribution in [0.3, 0.4) is 0 Å². The maximum Gasteiger partial charge on any atom is 0.162 e. The maximum atomic E-state index is 11.7. The molecule has 0 saturated carbocycles. The maximum absolute atomic E-state index is 11.7.